The molecule has 2 aromatic rings. The highest BCUT2D eigenvalue weighted by atomic mass is 16.5. The summed E-state index contributed by atoms with van der Waals surface area (Å²) in [4.78, 5) is 25.0. The van der Waals surface area contributed by atoms with Gasteiger partial charge in [-0.3, -0.25) is 14.7 Å². The van der Waals surface area contributed by atoms with Crippen LogP contribution in [0, 0.1) is 0 Å². The van der Waals surface area contributed by atoms with Gasteiger partial charge in [0.25, 0.3) is 0 Å². The molecule has 1 aromatic carbocycles. The molecule has 0 bridgehead atoms. The number of anilines is 1. The number of ketones is 1. The first-order chi connectivity index (χ1) is 15.5. The third kappa shape index (κ3) is 6.58. The number of H-pyrrole nitrogens is 1. The summed E-state index contributed by atoms with van der Waals surface area (Å²) in [5.74, 6) is 0.266. The lowest BCUT2D eigenvalue weighted by Gasteiger charge is -2.13. The van der Waals surface area contributed by atoms with Crippen LogP contribution in [0.5, 0.6) is 0 Å². The van der Waals surface area contributed by atoms with Gasteiger partial charge in [-0.15, -0.1) is 0 Å². The summed E-state index contributed by atoms with van der Waals surface area (Å²) in [6.07, 6.45) is 10.2. The van der Waals surface area contributed by atoms with E-state index < -0.39 is 5.92 Å². The van der Waals surface area contributed by atoms with Gasteiger partial charge in [-0.05, 0) is 48.6 Å². The van der Waals surface area contributed by atoms with Gasteiger partial charge in [0.2, 0.25) is 5.91 Å². The first-order valence-electron chi connectivity index (χ1n) is 10.6. The topological polar surface area (TPSA) is 133 Å². The van der Waals surface area contributed by atoms with E-state index in [-0.39, 0.29) is 18.2 Å². The molecule has 1 aliphatic rings. The van der Waals surface area contributed by atoms with E-state index in [9.17, 15) is 9.59 Å². The van der Waals surface area contributed by atoms with Crippen molar-refractivity contribution in [1.82, 2.24) is 15.7 Å². The number of benzene rings is 1. The molecule has 3 rings (SSSR count). The number of aromatic nitrogens is 2. The molecule has 0 aliphatic heterocycles. The maximum absolute atomic E-state index is 12.8. The highest BCUT2D eigenvalue weighted by Crippen LogP contribution is 2.39. The van der Waals surface area contributed by atoms with E-state index in [0.29, 0.717) is 23.9 Å². The number of carbonyl (C=O) groups excluding carboxylic acids is 2. The number of hydrogen-bond acceptors (Lipinski definition) is 6. The molecule has 1 fully saturated rings. The highest BCUT2D eigenvalue weighted by Gasteiger charge is 2.26. The predicted octanol–water partition coefficient (Wildman–Crippen LogP) is 3.03. The fraction of sp³-hybridized carbons (Fsp3) is 0.292. The summed E-state index contributed by atoms with van der Waals surface area (Å²) in [7, 11) is 0. The number of rotatable bonds is 11. The van der Waals surface area contributed by atoms with Crippen LogP contribution in [-0.2, 0) is 9.59 Å². The number of amides is 1. The average molecular weight is 436 g/mol. The molecule has 1 heterocycles. The molecule has 1 unspecified atom stereocenters. The van der Waals surface area contributed by atoms with Crippen molar-refractivity contribution >= 4 is 23.1 Å². The summed E-state index contributed by atoms with van der Waals surface area (Å²) in [6.45, 7) is 2.34. The fourth-order valence-corrected chi connectivity index (χ4v) is 3.23. The number of hydrogen-bond donors (Lipinski definition) is 5. The van der Waals surface area contributed by atoms with Crippen molar-refractivity contribution < 1.29 is 14.8 Å². The fourth-order valence-electron chi connectivity index (χ4n) is 3.23. The molecule has 1 amide bonds. The molecule has 8 nitrogen and oxygen atoms in total. The van der Waals surface area contributed by atoms with Crippen LogP contribution in [0.15, 0.2) is 60.7 Å². The van der Waals surface area contributed by atoms with Gasteiger partial charge < -0.3 is 16.3 Å². The molecule has 1 saturated carbocycles. The molecule has 1 aliphatic carbocycles. The van der Waals surface area contributed by atoms with Gasteiger partial charge in [-0.25, -0.2) is 5.48 Å². The average Bonchev–Trinajstić information content (AvgIpc) is 3.55. The van der Waals surface area contributed by atoms with Crippen molar-refractivity contribution in [3.63, 3.8) is 0 Å². The lowest BCUT2D eigenvalue weighted by molar-refractivity contribution is -0.117. The third-order valence-corrected chi connectivity index (χ3v) is 5.20. The van der Waals surface area contributed by atoms with Gasteiger partial charge in [-0.1, -0.05) is 42.5 Å². The Hall–Kier alpha value is -3.33. The molecular formula is C24H29N5O3. The van der Waals surface area contributed by atoms with E-state index in [2.05, 4.69) is 15.5 Å². The molecule has 1 aromatic heterocycles. The minimum absolute atomic E-state index is 0.158. The monoisotopic (exact) mass is 435 g/mol. The Kier molecular flexibility index (Phi) is 8.27. The van der Waals surface area contributed by atoms with E-state index in [1.807, 2.05) is 42.7 Å². The number of allylic oxidation sites excluding steroid dienone is 4. The minimum atomic E-state index is -0.415. The second kappa shape index (κ2) is 11.3. The van der Waals surface area contributed by atoms with E-state index in [1.165, 1.54) is 18.2 Å². The van der Waals surface area contributed by atoms with Crippen LogP contribution in [0.25, 0.3) is 5.57 Å². The Labute approximate surface area is 187 Å². The van der Waals surface area contributed by atoms with Crippen LogP contribution < -0.4 is 16.5 Å². The lowest BCUT2D eigenvalue weighted by atomic mass is 9.95. The summed E-state index contributed by atoms with van der Waals surface area (Å²) in [5.41, 5.74) is 10.9. The van der Waals surface area contributed by atoms with Gasteiger partial charge in [0.15, 0.2) is 11.6 Å². The van der Waals surface area contributed by atoms with Gasteiger partial charge in [-0.2, -0.15) is 5.10 Å². The zero-order valence-corrected chi connectivity index (χ0v) is 18.0. The van der Waals surface area contributed by atoms with Gasteiger partial charge in [0.05, 0.1) is 5.92 Å². The first-order valence-corrected chi connectivity index (χ1v) is 10.6. The highest BCUT2D eigenvalue weighted by molar-refractivity contribution is 6.05. The quantitative estimate of drug-likeness (QED) is 0.209. The predicted molar refractivity (Wildman–Crippen MR) is 124 cm³/mol. The van der Waals surface area contributed by atoms with Crippen LogP contribution in [0.4, 0.5) is 5.82 Å². The maximum atomic E-state index is 12.8. The second-order valence-electron chi connectivity index (χ2n) is 7.72. The minimum Gasteiger partial charge on any atom is -0.327 e. The molecule has 32 heavy (non-hydrogen) atoms. The van der Waals surface area contributed by atoms with Gasteiger partial charge in [0, 0.05) is 30.8 Å². The number of aromatic amines is 1. The zero-order valence-electron chi connectivity index (χ0n) is 18.0. The van der Waals surface area contributed by atoms with Crippen LogP contribution in [0.2, 0.25) is 0 Å². The molecule has 0 saturated heterocycles. The van der Waals surface area contributed by atoms with E-state index >= 15 is 0 Å². The Morgan fingerprint density at radius 2 is 2.09 bits per heavy atom. The maximum Gasteiger partial charge on any atom is 0.232 e. The van der Waals surface area contributed by atoms with Crippen LogP contribution in [0.3, 0.4) is 0 Å². The van der Waals surface area contributed by atoms with Crippen molar-refractivity contribution in [2.75, 3.05) is 18.4 Å². The van der Waals surface area contributed by atoms with Crippen LogP contribution >= 0.6 is 0 Å². The number of carbonyl (C=O) groups is 2. The van der Waals surface area contributed by atoms with E-state index in [4.69, 9.17) is 10.9 Å². The molecule has 8 heteroatoms. The summed E-state index contributed by atoms with van der Waals surface area (Å²) < 4.78 is 0. The molecule has 0 spiro atoms. The Morgan fingerprint density at radius 3 is 2.81 bits per heavy atom. The number of nitrogens with zero attached hydrogens (tertiary/aromatic N) is 1. The van der Waals surface area contributed by atoms with Crippen molar-refractivity contribution in [2.24, 2.45) is 5.73 Å². The zero-order chi connectivity index (χ0) is 22.9. The smallest absolute Gasteiger partial charge is 0.232 e. The Bertz CT molecular complexity index is 1030. The summed E-state index contributed by atoms with van der Waals surface area (Å²) >= 11 is 0. The largest absolute Gasteiger partial charge is 0.327 e. The Morgan fingerprint density at radius 1 is 1.28 bits per heavy atom. The molecular weight excluding hydrogens is 406 g/mol. The second-order valence-corrected chi connectivity index (χ2v) is 7.72. The van der Waals surface area contributed by atoms with Gasteiger partial charge in [0.1, 0.15) is 0 Å². The summed E-state index contributed by atoms with van der Waals surface area (Å²) in [5, 5.41) is 18.7. The summed E-state index contributed by atoms with van der Waals surface area (Å²) in [6, 6.07) is 9.40. The van der Waals surface area contributed by atoms with Crippen molar-refractivity contribution in [3.05, 3.63) is 77.5 Å². The van der Waals surface area contributed by atoms with Crippen molar-refractivity contribution in [2.45, 2.75) is 31.6 Å². The normalized spacial score (nSPS) is 15.4. The van der Waals surface area contributed by atoms with Crippen molar-refractivity contribution in [1.29, 1.82) is 0 Å². The molecule has 168 valence electrons. The van der Waals surface area contributed by atoms with E-state index in [0.717, 1.165) is 29.7 Å². The standard InChI is InChI=1S/C24H29N5O3/c1-16(24(31)27-23-15-22(28-29-23)17-9-10-17)18-5-2-6-19(13-18)20(7-3-11-25)14-21(30)8-4-12-26-32/h2-8,13-17,26,32H,9-12,25H2,1H3,(H2,27,28,29,31)/b7-3-,8-4+,20-14?. The van der Waals surface area contributed by atoms with Crippen LogP contribution in [0.1, 0.15) is 48.4 Å². The number of hydroxylamine groups is 1. The Balaban J connectivity index is 1.76. The molecule has 1 atom stereocenters. The molecule has 6 N–H and O–H groups in total. The van der Waals surface area contributed by atoms with Crippen LogP contribution in [-0.4, -0.2) is 40.2 Å². The van der Waals surface area contributed by atoms with Crippen molar-refractivity contribution in [3.8, 4) is 0 Å². The molecule has 0 radical (unpaired) electrons. The van der Waals surface area contributed by atoms with E-state index in [1.54, 1.807) is 12.2 Å². The van der Waals surface area contributed by atoms with Gasteiger partial charge >= 0.3 is 0 Å². The number of nitrogens with one attached hydrogen (secondary N) is 3. The lowest BCUT2D eigenvalue weighted by Crippen LogP contribution is -2.19. The number of nitrogens with two attached hydrogens (primary N) is 1. The first kappa shape index (κ1) is 23.3. The third-order valence-electron chi connectivity index (χ3n) is 5.20. The SMILES string of the molecule is CC(C(=O)Nc1cc(C2CC2)[nH]n1)c1cccc(C(=CC(=O)/C=C/CNO)/C=C\CN)c1.